The summed E-state index contributed by atoms with van der Waals surface area (Å²) in [5.41, 5.74) is 2.60. The average Bonchev–Trinajstić information content (AvgIpc) is 2.84. The summed E-state index contributed by atoms with van der Waals surface area (Å²) in [6.07, 6.45) is 3.86. The second-order valence-corrected chi connectivity index (χ2v) is 6.35. The van der Waals surface area contributed by atoms with Gasteiger partial charge in [-0.25, -0.2) is 0 Å². The third-order valence-electron chi connectivity index (χ3n) is 4.80. The van der Waals surface area contributed by atoms with Crippen LogP contribution in [0.1, 0.15) is 36.3 Å². The maximum Gasteiger partial charge on any atom is 0.165 e. The van der Waals surface area contributed by atoms with Gasteiger partial charge in [0.15, 0.2) is 11.5 Å². The lowest BCUT2D eigenvalue weighted by molar-refractivity contribution is 0.115. The lowest BCUT2D eigenvalue weighted by Gasteiger charge is -2.26. The number of methoxy groups -OCH3 is 1. The fraction of sp³-hybridized carbons (Fsp3) is 0.556. The van der Waals surface area contributed by atoms with Crippen LogP contribution in [-0.4, -0.2) is 42.9 Å². The first kappa shape index (κ1) is 15.4. The number of aliphatic hydroxyl groups excluding tert-OH is 1. The second-order valence-electron chi connectivity index (χ2n) is 6.35. The maximum absolute atomic E-state index is 9.95. The van der Waals surface area contributed by atoms with Crippen LogP contribution >= 0.6 is 0 Å². The fourth-order valence-corrected chi connectivity index (χ4v) is 3.69. The molecule has 4 nitrogen and oxygen atoms in total. The minimum atomic E-state index is -0.526. The minimum Gasteiger partial charge on any atom is -0.493 e. The van der Waals surface area contributed by atoms with Crippen molar-refractivity contribution in [2.75, 3.05) is 20.7 Å². The first-order valence-corrected chi connectivity index (χ1v) is 7.99. The normalized spacial score (nSPS) is 25.6. The van der Waals surface area contributed by atoms with Gasteiger partial charge >= 0.3 is 0 Å². The third-order valence-corrected chi connectivity index (χ3v) is 4.80. The smallest absolute Gasteiger partial charge is 0.165 e. The largest absolute Gasteiger partial charge is 0.493 e. The predicted molar refractivity (Wildman–Crippen MR) is 86.5 cm³/mol. The van der Waals surface area contributed by atoms with Gasteiger partial charge in [0.1, 0.15) is 6.10 Å². The molecule has 22 heavy (non-hydrogen) atoms. The van der Waals surface area contributed by atoms with Crippen molar-refractivity contribution >= 4 is 0 Å². The van der Waals surface area contributed by atoms with Gasteiger partial charge in [0, 0.05) is 24.4 Å². The van der Waals surface area contributed by atoms with Crippen LogP contribution in [-0.2, 0) is 6.54 Å². The predicted octanol–water partition coefficient (Wildman–Crippen LogP) is 2.70. The Balaban J connectivity index is 2.00. The molecule has 1 aromatic rings. The van der Waals surface area contributed by atoms with E-state index in [1.807, 2.05) is 6.07 Å². The van der Waals surface area contributed by atoms with Crippen molar-refractivity contribution in [2.45, 2.75) is 43.9 Å². The molecule has 0 aromatic heterocycles. The topological polar surface area (TPSA) is 41.9 Å². The molecule has 1 N–H and O–H groups in total. The fourth-order valence-electron chi connectivity index (χ4n) is 3.69. The van der Waals surface area contributed by atoms with Crippen LogP contribution in [0, 0.1) is 0 Å². The van der Waals surface area contributed by atoms with Crippen LogP contribution < -0.4 is 9.47 Å². The molecule has 2 aliphatic rings. The lowest BCUT2D eigenvalue weighted by atomic mass is 9.84. The van der Waals surface area contributed by atoms with E-state index in [1.165, 1.54) is 11.1 Å². The first-order chi connectivity index (χ1) is 10.6. The molecule has 0 saturated carbocycles. The molecule has 1 aromatic carbocycles. The quantitative estimate of drug-likeness (QED) is 0.869. The van der Waals surface area contributed by atoms with E-state index in [0.29, 0.717) is 12.3 Å². The third kappa shape index (κ3) is 2.73. The van der Waals surface area contributed by atoms with E-state index < -0.39 is 6.10 Å². The molecule has 0 saturated heterocycles. The zero-order valence-corrected chi connectivity index (χ0v) is 13.4. The molecule has 0 radical (unpaired) electrons. The van der Waals surface area contributed by atoms with Crippen LogP contribution in [0.5, 0.6) is 11.5 Å². The summed E-state index contributed by atoms with van der Waals surface area (Å²) >= 11 is 0. The van der Waals surface area contributed by atoms with E-state index in [2.05, 4.69) is 24.6 Å². The van der Waals surface area contributed by atoms with Gasteiger partial charge in [-0.2, -0.15) is 0 Å². The van der Waals surface area contributed by atoms with Gasteiger partial charge in [-0.05, 0) is 38.1 Å². The Morgan fingerprint density at radius 2 is 2.36 bits per heavy atom. The lowest BCUT2D eigenvalue weighted by Crippen LogP contribution is -2.28. The van der Waals surface area contributed by atoms with E-state index >= 15 is 0 Å². The highest BCUT2D eigenvalue weighted by molar-refractivity contribution is 5.55. The van der Waals surface area contributed by atoms with Gasteiger partial charge in [-0.15, -0.1) is 6.58 Å². The zero-order valence-electron chi connectivity index (χ0n) is 13.4. The Morgan fingerprint density at radius 1 is 1.55 bits per heavy atom. The van der Waals surface area contributed by atoms with Crippen molar-refractivity contribution in [2.24, 2.45) is 0 Å². The summed E-state index contributed by atoms with van der Waals surface area (Å²) in [4.78, 5) is 2.35. The molecule has 0 fully saturated rings. The molecular weight excluding hydrogens is 278 g/mol. The Bertz CT molecular complexity index is 558. The van der Waals surface area contributed by atoms with E-state index in [-0.39, 0.29) is 6.10 Å². The molecule has 120 valence electrons. The first-order valence-electron chi connectivity index (χ1n) is 7.99. The van der Waals surface area contributed by atoms with E-state index in [4.69, 9.17) is 9.47 Å². The highest BCUT2D eigenvalue weighted by Gasteiger charge is 2.39. The summed E-state index contributed by atoms with van der Waals surface area (Å²) in [5.74, 6) is 2.01. The number of hydrogen-bond acceptors (Lipinski definition) is 4. The SMILES string of the molecule is C=C[C@H](O)C[C@@H]1Oc2c(OC)ccc3c2[C@H]1CCCN(C)C3. The molecule has 3 atom stereocenters. The number of hydrogen-bond donors (Lipinski definition) is 1. The van der Waals surface area contributed by atoms with Gasteiger partial charge in [0.2, 0.25) is 0 Å². The van der Waals surface area contributed by atoms with Crippen molar-refractivity contribution in [3.05, 3.63) is 35.9 Å². The van der Waals surface area contributed by atoms with Crippen LogP contribution in [0.2, 0.25) is 0 Å². The Hall–Kier alpha value is -1.52. The molecule has 0 amide bonds. The number of benzene rings is 1. The van der Waals surface area contributed by atoms with E-state index in [9.17, 15) is 5.11 Å². The summed E-state index contributed by atoms with van der Waals surface area (Å²) in [6, 6.07) is 4.15. The van der Waals surface area contributed by atoms with Crippen LogP contribution in [0.3, 0.4) is 0 Å². The molecule has 4 heteroatoms. The van der Waals surface area contributed by atoms with Crippen molar-refractivity contribution in [3.63, 3.8) is 0 Å². The van der Waals surface area contributed by atoms with Crippen LogP contribution in [0.4, 0.5) is 0 Å². The molecule has 0 unspecified atom stereocenters. The van der Waals surface area contributed by atoms with Crippen LogP contribution in [0.15, 0.2) is 24.8 Å². The van der Waals surface area contributed by atoms with Crippen molar-refractivity contribution < 1.29 is 14.6 Å². The highest BCUT2D eigenvalue weighted by atomic mass is 16.5. The zero-order chi connectivity index (χ0) is 15.7. The molecule has 0 bridgehead atoms. The highest BCUT2D eigenvalue weighted by Crippen LogP contribution is 2.49. The Kier molecular flexibility index (Phi) is 4.41. The maximum atomic E-state index is 9.95. The van der Waals surface area contributed by atoms with Gasteiger partial charge < -0.3 is 19.5 Å². The molecule has 0 aliphatic carbocycles. The molecule has 3 rings (SSSR count). The average molecular weight is 303 g/mol. The summed E-state index contributed by atoms with van der Waals surface area (Å²) in [5, 5.41) is 9.95. The number of aliphatic hydroxyl groups is 1. The molecule has 2 aliphatic heterocycles. The van der Waals surface area contributed by atoms with E-state index in [0.717, 1.165) is 37.4 Å². The van der Waals surface area contributed by atoms with E-state index in [1.54, 1.807) is 13.2 Å². The molecular formula is C18H25NO3. The van der Waals surface area contributed by atoms with Gasteiger partial charge in [-0.3, -0.25) is 0 Å². The van der Waals surface area contributed by atoms with Crippen LogP contribution in [0.25, 0.3) is 0 Å². The number of rotatable bonds is 4. The number of ether oxygens (including phenoxy) is 2. The van der Waals surface area contributed by atoms with Crippen molar-refractivity contribution in [1.82, 2.24) is 4.90 Å². The Labute approximate surface area is 132 Å². The summed E-state index contributed by atoms with van der Waals surface area (Å²) in [6.45, 7) is 5.70. The Morgan fingerprint density at radius 3 is 3.09 bits per heavy atom. The minimum absolute atomic E-state index is 0.00135. The second kappa shape index (κ2) is 6.31. The monoisotopic (exact) mass is 303 g/mol. The summed E-state index contributed by atoms with van der Waals surface area (Å²) < 4.78 is 11.7. The van der Waals surface area contributed by atoms with Crippen molar-refractivity contribution in [1.29, 1.82) is 0 Å². The molecule has 0 spiro atoms. The standard InChI is InChI=1S/C18H25NO3/c1-4-13(20)10-16-14-6-5-9-19(2)11-12-7-8-15(21-3)18(22-16)17(12)14/h4,7-8,13-14,16,20H,1,5-6,9-11H2,2-3H3/t13-,14-,16-/m0/s1. The van der Waals surface area contributed by atoms with Gasteiger partial charge in [0.05, 0.1) is 13.2 Å². The van der Waals surface area contributed by atoms with Crippen molar-refractivity contribution in [3.8, 4) is 11.5 Å². The van der Waals surface area contributed by atoms with Gasteiger partial charge in [0.25, 0.3) is 0 Å². The van der Waals surface area contributed by atoms with Gasteiger partial charge in [-0.1, -0.05) is 12.1 Å². The molecule has 2 heterocycles. The summed E-state index contributed by atoms with van der Waals surface area (Å²) in [7, 11) is 3.84. The number of nitrogens with zero attached hydrogens (tertiary/aromatic N) is 1.